The normalized spacial score (nSPS) is 14.2. The lowest BCUT2D eigenvalue weighted by atomic mass is 10.1. The predicted molar refractivity (Wildman–Crippen MR) is 189 cm³/mol. The molecular weight excluding hydrogens is 622 g/mol. The highest BCUT2D eigenvalue weighted by molar-refractivity contribution is 6.31. The van der Waals surface area contributed by atoms with E-state index in [1.54, 1.807) is 0 Å². The Morgan fingerprint density at radius 1 is 0.913 bits per heavy atom. The van der Waals surface area contributed by atoms with Crippen molar-refractivity contribution in [2.75, 3.05) is 39.9 Å². The number of carbonyl (C=O) groups excluding carboxylic acids is 1. The Morgan fingerprint density at radius 2 is 1.67 bits per heavy atom. The van der Waals surface area contributed by atoms with Crippen LogP contribution in [0.2, 0.25) is 10.0 Å². The maximum atomic E-state index is 13.1. The maximum absolute atomic E-state index is 13.1. The second-order valence-electron chi connectivity index (χ2n) is 12.1. The molecule has 1 amide bonds. The first-order valence-electron chi connectivity index (χ1n) is 16.1. The number of hydrogen-bond acceptors (Lipinski definition) is 4. The number of nitrogens with zero attached hydrogens (tertiary/aromatic N) is 3. The number of aromatic nitrogens is 1. The van der Waals surface area contributed by atoms with E-state index in [2.05, 4.69) is 44.1 Å². The molecule has 3 aromatic carbocycles. The van der Waals surface area contributed by atoms with Gasteiger partial charge in [0.1, 0.15) is 5.75 Å². The monoisotopic (exact) mass is 668 g/mol. The second-order valence-corrected chi connectivity index (χ2v) is 12.9. The van der Waals surface area contributed by atoms with Crippen molar-refractivity contribution in [3.63, 3.8) is 0 Å². The molecule has 1 N–H and O–H groups in total. The van der Waals surface area contributed by atoms with E-state index in [1.807, 2.05) is 63.2 Å². The lowest BCUT2D eigenvalue weighted by Crippen LogP contribution is -2.31. The van der Waals surface area contributed by atoms with Crippen LogP contribution < -0.4 is 10.1 Å². The fourth-order valence-corrected chi connectivity index (χ4v) is 6.37. The Morgan fingerprint density at radius 3 is 2.43 bits per heavy atom. The summed E-state index contributed by atoms with van der Waals surface area (Å²) in [4.78, 5) is 18.2. The molecule has 248 valence electrons. The Hall–Kier alpha value is -3.10. The minimum Gasteiger partial charge on any atom is -0.489 e. The van der Waals surface area contributed by atoms with Gasteiger partial charge in [0.15, 0.2) is 0 Å². The summed E-state index contributed by atoms with van der Waals surface area (Å²) in [6, 6.07) is 20.2. The van der Waals surface area contributed by atoms with Gasteiger partial charge in [0.05, 0.1) is 25.2 Å². The minimum atomic E-state index is -0.00209. The van der Waals surface area contributed by atoms with Crippen LogP contribution in [0.4, 0.5) is 4.39 Å². The van der Waals surface area contributed by atoms with Gasteiger partial charge in [0, 0.05) is 54.4 Å². The number of alkyl halides is 1. The van der Waals surface area contributed by atoms with Crippen LogP contribution in [0, 0.1) is 6.92 Å². The number of halogens is 3. The average Bonchev–Trinajstić information content (AvgIpc) is 3.23. The van der Waals surface area contributed by atoms with Crippen molar-refractivity contribution in [3.05, 3.63) is 99.2 Å². The van der Waals surface area contributed by atoms with Crippen LogP contribution in [0.5, 0.6) is 5.75 Å². The van der Waals surface area contributed by atoms with Crippen molar-refractivity contribution >= 4 is 40.0 Å². The predicted octanol–water partition coefficient (Wildman–Crippen LogP) is 8.09. The first-order valence-corrected chi connectivity index (χ1v) is 16.9. The Kier molecular flexibility index (Phi) is 13.8. The standard InChI is InChI=1S/C36H44Cl2N4O2.CH3F/c1-26(2)44-34-12-6-10-31-30(22-35(43)39-23-28-13-14-32(37)27(3)21-28)25-42(36(31)34)18-8-16-40-15-7-17-41(20-19-40)24-29-9-4-5-11-33(29)38;1-2/h4-6,9-14,21,25-26H,7-8,15-20,22-24H2,1-3H3,(H,39,43);1H3. The van der Waals surface area contributed by atoms with Crippen LogP contribution >= 0.6 is 23.2 Å². The zero-order valence-electron chi connectivity index (χ0n) is 27.5. The average molecular weight is 670 g/mol. The van der Waals surface area contributed by atoms with Gasteiger partial charge in [-0.25, -0.2) is 0 Å². The van der Waals surface area contributed by atoms with Gasteiger partial charge in [-0.2, -0.15) is 0 Å². The Balaban J connectivity index is 0.00000235. The van der Waals surface area contributed by atoms with Crippen molar-refractivity contribution in [1.29, 1.82) is 0 Å². The number of ether oxygens (including phenoxy) is 1. The van der Waals surface area contributed by atoms with Crippen molar-refractivity contribution in [2.45, 2.75) is 65.8 Å². The Labute approximate surface area is 283 Å². The van der Waals surface area contributed by atoms with Crippen molar-refractivity contribution < 1.29 is 13.9 Å². The summed E-state index contributed by atoms with van der Waals surface area (Å²) in [7, 11) is 0.500. The van der Waals surface area contributed by atoms with E-state index in [1.165, 1.54) is 5.56 Å². The van der Waals surface area contributed by atoms with Gasteiger partial charge in [-0.15, -0.1) is 0 Å². The van der Waals surface area contributed by atoms with E-state index >= 15 is 0 Å². The molecule has 0 spiro atoms. The zero-order valence-corrected chi connectivity index (χ0v) is 29.0. The second kappa shape index (κ2) is 17.7. The van der Waals surface area contributed by atoms with Crippen molar-refractivity contribution in [2.24, 2.45) is 0 Å². The summed E-state index contributed by atoms with van der Waals surface area (Å²) in [5.41, 5.74) is 5.33. The van der Waals surface area contributed by atoms with Gasteiger partial charge in [-0.3, -0.25) is 14.1 Å². The molecule has 6 nitrogen and oxygen atoms in total. The molecule has 5 rings (SSSR count). The number of amides is 1. The summed E-state index contributed by atoms with van der Waals surface area (Å²) < 4.78 is 18.0. The molecule has 0 unspecified atom stereocenters. The smallest absolute Gasteiger partial charge is 0.224 e. The van der Waals surface area contributed by atoms with Crippen LogP contribution in [0.25, 0.3) is 10.9 Å². The lowest BCUT2D eigenvalue weighted by Gasteiger charge is -2.22. The third-order valence-electron chi connectivity index (χ3n) is 8.28. The molecule has 1 aromatic heterocycles. The first kappa shape index (κ1) is 35.7. The summed E-state index contributed by atoms with van der Waals surface area (Å²) in [6.45, 7) is 13.6. The van der Waals surface area contributed by atoms with Crippen LogP contribution in [0.1, 0.15) is 48.9 Å². The SMILES string of the molecule is CF.Cc1cc(CNC(=O)Cc2cn(CCCN3CCCN(Cc4ccccc4Cl)CC3)c3c(OC(C)C)cccc23)ccc1Cl. The molecule has 0 atom stereocenters. The number of para-hydroxylation sites is 1. The van der Waals surface area contributed by atoms with Gasteiger partial charge in [0.2, 0.25) is 5.91 Å². The largest absolute Gasteiger partial charge is 0.489 e. The Bertz CT molecular complexity index is 1570. The number of fused-ring (bicyclic) bond motifs is 1. The van der Waals surface area contributed by atoms with E-state index < -0.39 is 0 Å². The maximum Gasteiger partial charge on any atom is 0.224 e. The molecule has 0 aliphatic carbocycles. The zero-order chi connectivity index (χ0) is 33.1. The summed E-state index contributed by atoms with van der Waals surface area (Å²) in [6.07, 6.45) is 4.69. The minimum absolute atomic E-state index is 0.00209. The quantitative estimate of drug-likeness (QED) is 0.166. The molecule has 9 heteroatoms. The van der Waals surface area contributed by atoms with Crippen LogP contribution in [-0.2, 0) is 30.8 Å². The third kappa shape index (κ3) is 9.95. The molecule has 0 saturated carbocycles. The third-order valence-corrected chi connectivity index (χ3v) is 9.07. The number of aryl methyl sites for hydroxylation is 2. The summed E-state index contributed by atoms with van der Waals surface area (Å²) in [5, 5.41) is 5.75. The van der Waals surface area contributed by atoms with Gasteiger partial charge in [0.25, 0.3) is 0 Å². The first-order chi connectivity index (χ1) is 22.3. The number of nitrogens with one attached hydrogen (secondary N) is 1. The molecule has 0 bridgehead atoms. The summed E-state index contributed by atoms with van der Waals surface area (Å²) in [5.74, 6) is 0.864. The molecule has 4 aromatic rings. The van der Waals surface area contributed by atoms with E-state index in [9.17, 15) is 9.18 Å². The van der Waals surface area contributed by atoms with Gasteiger partial charge in [-0.1, -0.05) is 65.7 Å². The molecule has 46 heavy (non-hydrogen) atoms. The fourth-order valence-electron chi connectivity index (χ4n) is 6.06. The number of rotatable bonds is 12. The molecule has 1 aliphatic heterocycles. The highest BCUT2D eigenvalue weighted by Crippen LogP contribution is 2.31. The van der Waals surface area contributed by atoms with Crippen LogP contribution in [-0.4, -0.2) is 66.3 Å². The van der Waals surface area contributed by atoms with Crippen molar-refractivity contribution in [1.82, 2.24) is 19.7 Å². The molecule has 2 heterocycles. The lowest BCUT2D eigenvalue weighted by molar-refractivity contribution is -0.120. The molecule has 1 aliphatic rings. The van der Waals surface area contributed by atoms with E-state index in [0.717, 1.165) is 102 Å². The van der Waals surface area contributed by atoms with Crippen molar-refractivity contribution in [3.8, 4) is 5.75 Å². The van der Waals surface area contributed by atoms with Crippen LogP contribution in [0.15, 0.2) is 66.9 Å². The topological polar surface area (TPSA) is 49.7 Å². The van der Waals surface area contributed by atoms with E-state index in [0.29, 0.717) is 20.1 Å². The number of benzene rings is 3. The fraction of sp³-hybridized carbons (Fsp3) is 0.432. The molecular formula is C37H47Cl2FN4O2. The van der Waals surface area contributed by atoms with Gasteiger partial charge in [-0.05, 0) is 93.7 Å². The number of hydrogen-bond donors (Lipinski definition) is 1. The van der Waals surface area contributed by atoms with E-state index in [4.69, 9.17) is 27.9 Å². The summed E-state index contributed by atoms with van der Waals surface area (Å²) >= 11 is 12.6. The van der Waals surface area contributed by atoms with Gasteiger partial charge >= 0.3 is 0 Å². The van der Waals surface area contributed by atoms with Crippen LogP contribution in [0.3, 0.4) is 0 Å². The molecule has 0 radical (unpaired) electrons. The molecule has 1 saturated heterocycles. The highest BCUT2D eigenvalue weighted by atomic mass is 35.5. The van der Waals surface area contributed by atoms with E-state index in [-0.39, 0.29) is 12.0 Å². The molecule has 1 fully saturated rings. The highest BCUT2D eigenvalue weighted by Gasteiger charge is 2.18. The van der Waals surface area contributed by atoms with Gasteiger partial charge < -0.3 is 19.5 Å². The number of carbonyl (C=O) groups is 1.